The number of hydrogen-bond acceptors (Lipinski definition) is 5. The molecule has 2 aromatic heterocycles. The van der Waals surface area contributed by atoms with Gasteiger partial charge in [0.25, 0.3) is 5.91 Å². The van der Waals surface area contributed by atoms with Gasteiger partial charge in [0, 0.05) is 25.6 Å². The van der Waals surface area contributed by atoms with Gasteiger partial charge in [-0.15, -0.1) is 5.10 Å². The Kier molecular flexibility index (Phi) is 5.48. The van der Waals surface area contributed by atoms with Gasteiger partial charge in [0.2, 0.25) is 0 Å². The van der Waals surface area contributed by atoms with Crippen molar-refractivity contribution in [1.82, 2.24) is 24.9 Å². The van der Waals surface area contributed by atoms with Gasteiger partial charge in [-0.25, -0.2) is 4.98 Å². The summed E-state index contributed by atoms with van der Waals surface area (Å²) in [7, 11) is 0. The zero-order valence-electron chi connectivity index (χ0n) is 17.4. The van der Waals surface area contributed by atoms with E-state index in [2.05, 4.69) is 39.6 Å². The van der Waals surface area contributed by atoms with Crippen molar-refractivity contribution in [3.8, 4) is 0 Å². The summed E-state index contributed by atoms with van der Waals surface area (Å²) in [4.78, 5) is 19.3. The Morgan fingerprint density at radius 2 is 1.81 bits per heavy atom. The number of likely N-dealkylation sites (tertiary alicyclic amines) is 1. The van der Waals surface area contributed by atoms with E-state index in [9.17, 15) is 4.79 Å². The second kappa shape index (κ2) is 8.71. The maximum Gasteiger partial charge on any atom is 0.276 e. The number of aryl methyl sites for hydroxylation is 2. The lowest BCUT2D eigenvalue weighted by atomic mass is 9.96. The first-order valence-electron chi connectivity index (χ1n) is 10.8. The molecule has 1 aliphatic rings. The largest absolute Gasteiger partial charge is 0.440 e. The number of amides is 1. The molecular formula is C24H25N5O2. The Labute approximate surface area is 180 Å². The molecule has 0 atom stereocenters. The summed E-state index contributed by atoms with van der Waals surface area (Å²) in [5.74, 6) is 0.966. The first-order valence-corrected chi connectivity index (χ1v) is 10.8. The fraction of sp³-hybridized carbons (Fsp3) is 0.333. The summed E-state index contributed by atoms with van der Waals surface area (Å²) in [5.41, 5.74) is 3.43. The molecule has 0 spiro atoms. The molecule has 7 heteroatoms. The molecule has 0 bridgehead atoms. The summed E-state index contributed by atoms with van der Waals surface area (Å²) in [5, 5.41) is 8.26. The molecule has 2 aromatic carbocycles. The van der Waals surface area contributed by atoms with Gasteiger partial charge in [-0.05, 0) is 43.4 Å². The number of oxazole rings is 1. The van der Waals surface area contributed by atoms with E-state index < -0.39 is 0 Å². The van der Waals surface area contributed by atoms with Gasteiger partial charge in [0.15, 0.2) is 17.2 Å². The summed E-state index contributed by atoms with van der Waals surface area (Å²) >= 11 is 0. The highest BCUT2D eigenvalue weighted by Crippen LogP contribution is 2.30. The van der Waals surface area contributed by atoms with Crippen LogP contribution in [-0.2, 0) is 13.0 Å². The van der Waals surface area contributed by atoms with Crippen molar-refractivity contribution in [1.29, 1.82) is 0 Å². The summed E-state index contributed by atoms with van der Waals surface area (Å²) in [6, 6.07) is 18.2. The molecule has 0 aliphatic carbocycles. The zero-order valence-corrected chi connectivity index (χ0v) is 17.4. The Hall–Kier alpha value is -3.48. The standard InChI is InChI=1S/C24H25N5O2/c30-24(21-17-29(27-26-21)14-6-9-18-7-2-1-3-8-18)28-15-12-19(13-16-28)23-25-20-10-4-5-11-22(20)31-23/h1-5,7-8,10-11,17,19H,6,9,12-16H2. The highest BCUT2D eigenvalue weighted by atomic mass is 16.3. The Balaban J connectivity index is 1.14. The maximum absolute atomic E-state index is 12.9. The van der Waals surface area contributed by atoms with Crippen LogP contribution in [0.3, 0.4) is 0 Å². The Bertz CT molecular complexity index is 1130. The van der Waals surface area contributed by atoms with E-state index >= 15 is 0 Å². The quantitative estimate of drug-likeness (QED) is 0.474. The van der Waals surface area contributed by atoms with Crippen molar-refractivity contribution in [2.24, 2.45) is 0 Å². The number of hydrogen-bond donors (Lipinski definition) is 0. The minimum Gasteiger partial charge on any atom is -0.440 e. The second-order valence-corrected chi connectivity index (χ2v) is 8.04. The van der Waals surface area contributed by atoms with E-state index in [-0.39, 0.29) is 11.8 Å². The number of carbonyl (C=O) groups excluding carboxylic acids is 1. The molecule has 5 rings (SSSR count). The molecular weight excluding hydrogens is 390 g/mol. The van der Waals surface area contributed by atoms with Crippen LogP contribution in [0.1, 0.15) is 47.1 Å². The number of aromatic nitrogens is 4. The second-order valence-electron chi connectivity index (χ2n) is 8.04. The van der Waals surface area contributed by atoms with Crippen LogP contribution in [0.5, 0.6) is 0 Å². The highest BCUT2D eigenvalue weighted by Gasteiger charge is 2.28. The number of para-hydroxylation sites is 2. The van der Waals surface area contributed by atoms with E-state index in [0.29, 0.717) is 18.8 Å². The van der Waals surface area contributed by atoms with Gasteiger partial charge < -0.3 is 9.32 Å². The van der Waals surface area contributed by atoms with Gasteiger partial charge in [0.1, 0.15) is 5.52 Å². The number of carbonyl (C=O) groups is 1. The lowest BCUT2D eigenvalue weighted by molar-refractivity contribution is 0.0700. The molecule has 158 valence electrons. The Morgan fingerprint density at radius 1 is 1.03 bits per heavy atom. The molecule has 31 heavy (non-hydrogen) atoms. The third kappa shape index (κ3) is 4.35. The van der Waals surface area contributed by atoms with E-state index in [4.69, 9.17) is 4.42 Å². The summed E-state index contributed by atoms with van der Waals surface area (Å²) in [6.07, 6.45) is 5.37. The van der Waals surface area contributed by atoms with E-state index in [1.165, 1.54) is 5.56 Å². The van der Waals surface area contributed by atoms with Crippen LogP contribution in [-0.4, -0.2) is 43.9 Å². The molecule has 3 heterocycles. The van der Waals surface area contributed by atoms with Gasteiger partial charge in [-0.2, -0.15) is 0 Å². The van der Waals surface area contributed by atoms with Crippen LogP contribution < -0.4 is 0 Å². The normalized spacial score (nSPS) is 14.9. The molecule has 1 fully saturated rings. The fourth-order valence-electron chi connectivity index (χ4n) is 4.15. The van der Waals surface area contributed by atoms with Gasteiger partial charge >= 0.3 is 0 Å². The van der Waals surface area contributed by atoms with E-state index in [0.717, 1.165) is 49.2 Å². The van der Waals surface area contributed by atoms with Gasteiger partial charge in [0.05, 0.1) is 6.20 Å². The maximum atomic E-state index is 12.9. The first-order chi connectivity index (χ1) is 15.3. The predicted octanol–water partition coefficient (Wildman–Crippen LogP) is 4.07. The van der Waals surface area contributed by atoms with Crippen LogP contribution in [0.25, 0.3) is 11.1 Å². The molecule has 7 nitrogen and oxygen atoms in total. The third-order valence-electron chi connectivity index (χ3n) is 5.90. The number of rotatable bonds is 6. The molecule has 4 aromatic rings. The Morgan fingerprint density at radius 3 is 2.61 bits per heavy atom. The van der Waals surface area contributed by atoms with Gasteiger partial charge in [-0.1, -0.05) is 47.7 Å². The van der Waals surface area contributed by atoms with Crippen LogP contribution in [0.15, 0.2) is 65.2 Å². The van der Waals surface area contributed by atoms with Crippen molar-refractivity contribution in [2.45, 2.75) is 38.1 Å². The minimum atomic E-state index is -0.0506. The van der Waals surface area contributed by atoms with Crippen LogP contribution in [0.4, 0.5) is 0 Å². The van der Waals surface area contributed by atoms with Gasteiger partial charge in [-0.3, -0.25) is 9.48 Å². The lowest BCUT2D eigenvalue weighted by Gasteiger charge is -2.29. The van der Waals surface area contributed by atoms with Crippen LogP contribution in [0, 0.1) is 0 Å². The predicted molar refractivity (Wildman–Crippen MR) is 117 cm³/mol. The summed E-state index contributed by atoms with van der Waals surface area (Å²) < 4.78 is 7.69. The first kappa shape index (κ1) is 19.5. The molecule has 1 aliphatic heterocycles. The highest BCUT2D eigenvalue weighted by molar-refractivity contribution is 5.92. The van der Waals surface area contributed by atoms with Crippen molar-refractivity contribution in [3.63, 3.8) is 0 Å². The molecule has 0 radical (unpaired) electrons. The third-order valence-corrected chi connectivity index (χ3v) is 5.90. The molecule has 0 saturated carbocycles. The number of benzene rings is 2. The summed E-state index contributed by atoms with van der Waals surface area (Å²) in [6.45, 7) is 2.08. The van der Waals surface area contributed by atoms with E-state index in [1.54, 1.807) is 10.9 Å². The number of piperidine rings is 1. The lowest BCUT2D eigenvalue weighted by Crippen LogP contribution is -2.38. The average Bonchev–Trinajstić information content (AvgIpc) is 3.47. The molecule has 0 N–H and O–H groups in total. The zero-order chi connectivity index (χ0) is 21.0. The fourth-order valence-corrected chi connectivity index (χ4v) is 4.15. The average molecular weight is 415 g/mol. The van der Waals surface area contributed by atoms with Crippen LogP contribution >= 0.6 is 0 Å². The number of nitrogens with zero attached hydrogens (tertiary/aromatic N) is 5. The minimum absolute atomic E-state index is 0.0506. The van der Waals surface area contributed by atoms with Crippen LogP contribution in [0.2, 0.25) is 0 Å². The van der Waals surface area contributed by atoms with Crippen molar-refractivity contribution < 1.29 is 9.21 Å². The monoisotopic (exact) mass is 415 g/mol. The molecule has 1 saturated heterocycles. The molecule has 1 amide bonds. The van der Waals surface area contributed by atoms with Crippen molar-refractivity contribution in [2.75, 3.05) is 13.1 Å². The molecule has 0 unspecified atom stereocenters. The topological polar surface area (TPSA) is 77.1 Å². The van der Waals surface area contributed by atoms with E-state index in [1.807, 2.05) is 35.2 Å². The van der Waals surface area contributed by atoms with Crippen molar-refractivity contribution in [3.05, 3.63) is 77.9 Å². The SMILES string of the molecule is O=C(c1cn(CCCc2ccccc2)nn1)N1CCC(c2nc3ccccc3o2)CC1. The number of fused-ring (bicyclic) bond motifs is 1. The van der Waals surface area contributed by atoms with Crippen molar-refractivity contribution >= 4 is 17.0 Å². The smallest absolute Gasteiger partial charge is 0.276 e.